The summed E-state index contributed by atoms with van der Waals surface area (Å²) in [5.74, 6) is 2.59. The Hall–Kier alpha value is -1.38. The Labute approximate surface area is 124 Å². The van der Waals surface area contributed by atoms with E-state index in [9.17, 15) is 0 Å². The molecule has 0 spiro atoms. The molecule has 0 aliphatic carbocycles. The van der Waals surface area contributed by atoms with Crippen LogP contribution in [0.25, 0.3) is 0 Å². The quantitative estimate of drug-likeness (QED) is 0.667. The first-order valence-electron chi connectivity index (χ1n) is 6.83. The highest BCUT2D eigenvalue weighted by molar-refractivity contribution is 7.99. The first kappa shape index (κ1) is 15.0. The second-order valence-electron chi connectivity index (χ2n) is 5.14. The minimum absolute atomic E-state index is 0.703. The molecule has 20 heavy (non-hydrogen) atoms. The van der Waals surface area contributed by atoms with Crippen molar-refractivity contribution in [3.05, 3.63) is 18.2 Å². The fraction of sp³-hybridized carbons (Fsp3) is 0.533. The van der Waals surface area contributed by atoms with Gasteiger partial charge in [-0.3, -0.25) is 0 Å². The molecule has 2 N–H and O–H groups in total. The molecule has 0 radical (unpaired) electrons. The van der Waals surface area contributed by atoms with Crippen LogP contribution in [-0.2, 0) is 0 Å². The first-order valence-corrected chi connectivity index (χ1v) is 7.82. The summed E-state index contributed by atoms with van der Waals surface area (Å²) < 4.78 is 11.3. The third kappa shape index (κ3) is 4.32. The average Bonchev–Trinajstić information content (AvgIpc) is 2.68. The van der Waals surface area contributed by atoms with Gasteiger partial charge < -0.3 is 15.2 Å². The molecule has 0 aromatic heterocycles. The Morgan fingerprint density at radius 2 is 2.10 bits per heavy atom. The molecule has 1 heterocycles. The van der Waals surface area contributed by atoms with E-state index in [2.05, 4.69) is 6.07 Å². The van der Waals surface area contributed by atoms with Gasteiger partial charge in [0.2, 0.25) is 0 Å². The van der Waals surface area contributed by atoms with Crippen LogP contribution in [0.15, 0.2) is 23.1 Å². The van der Waals surface area contributed by atoms with E-state index in [0.29, 0.717) is 19.6 Å². The van der Waals surface area contributed by atoms with Crippen molar-refractivity contribution in [3.63, 3.8) is 0 Å². The topological polar surface area (TPSA) is 68.3 Å². The molecule has 0 bridgehead atoms. The summed E-state index contributed by atoms with van der Waals surface area (Å²) in [4.78, 5) is 1.16. The Morgan fingerprint density at radius 3 is 2.85 bits per heavy atom. The summed E-state index contributed by atoms with van der Waals surface area (Å²) in [5.41, 5.74) is 5.08. The predicted molar refractivity (Wildman–Crippen MR) is 80.2 cm³/mol. The zero-order chi connectivity index (χ0) is 14.4. The Morgan fingerprint density at radius 1 is 1.35 bits per heavy atom. The molecular weight excluding hydrogens is 272 g/mol. The molecule has 1 aliphatic heterocycles. The van der Waals surface area contributed by atoms with Crippen molar-refractivity contribution in [3.8, 4) is 17.6 Å². The molecular formula is C15H20N2O2S. The van der Waals surface area contributed by atoms with Gasteiger partial charge >= 0.3 is 0 Å². The predicted octanol–water partition coefficient (Wildman–Crippen LogP) is 2.96. The van der Waals surface area contributed by atoms with Crippen LogP contribution in [0.3, 0.4) is 0 Å². The summed E-state index contributed by atoms with van der Waals surface area (Å²) in [5, 5.41) is 8.86. The lowest BCUT2D eigenvalue weighted by Crippen LogP contribution is -2.33. The van der Waals surface area contributed by atoms with Crippen LogP contribution in [0.1, 0.15) is 26.2 Å². The van der Waals surface area contributed by atoms with E-state index in [-0.39, 0.29) is 0 Å². The fourth-order valence-electron chi connectivity index (χ4n) is 1.92. The second-order valence-corrected chi connectivity index (χ2v) is 6.31. The van der Waals surface area contributed by atoms with E-state index in [1.165, 1.54) is 0 Å². The Balaban J connectivity index is 1.85. The van der Waals surface area contributed by atoms with Gasteiger partial charge in [0.1, 0.15) is 5.54 Å². The lowest BCUT2D eigenvalue weighted by atomic mass is 10.0. The zero-order valence-electron chi connectivity index (χ0n) is 11.7. The van der Waals surface area contributed by atoms with Crippen LogP contribution in [0, 0.1) is 11.3 Å². The minimum Gasteiger partial charge on any atom is -0.490 e. The van der Waals surface area contributed by atoms with Crippen molar-refractivity contribution >= 4 is 11.8 Å². The number of nitrogens with zero attached hydrogens (tertiary/aromatic N) is 1. The fourth-order valence-corrected chi connectivity index (χ4v) is 2.80. The van der Waals surface area contributed by atoms with E-state index in [4.69, 9.17) is 20.5 Å². The van der Waals surface area contributed by atoms with Gasteiger partial charge in [0.05, 0.1) is 19.3 Å². The van der Waals surface area contributed by atoms with Crippen LogP contribution in [0.4, 0.5) is 0 Å². The van der Waals surface area contributed by atoms with Crippen molar-refractivity contribution in [2.24, 2.45) is 5.73 Å². The lowest BCUT2D eigenvalue weighted by Gasteiger charge is -2.14. The number of nitrogens with two attached hydrogens (primary N) is 1. The molecule has 4 nitrogen and oxygen atoms in total. The van der Waals surface area contributed by atoms with Gasteiger partial charge in [-0.25, -0.2) is 0 Å². The number of ether oxygens (including phenoxy) is 2. The molecule has 1 aromatic carbocycles. The molecule has 108 valence electrons. The van der Waals surface area contributed by atoms with Crippen LogP contribution < -0.4 is 15.2 Å². The van der Waals surface area contributed by atoms with Gasteiger partial charge in [-0.2, -0.15) is 5.26 Å². The molecule has 1 atom stereocenters. The number of hydrogen-bond donors (Lipinski definition) is 1. The average molecular weight is 292 g/mol. The summed E-state index contributed by atoms with van der Waals surface area (Å²) in [7, 11) is 0. The maximum Gasteiger partial charge on any atom is 0.162 e. The maximum atomic E-state index is 8.86. The monoisotopic (exact) mass is 292 g/mol. The molecule has 0 fully saturated rings. The molecule has 1 unspecified atom stereocenters. The highest BCUT2D eigenvalue weighted by Gasteiger charge is 2.16. The SMILES string of the molecule is CC(N)(C#N)CCCSc1ccc2c(c1)OCCCO2. The number of hydrogen-bond acceptors (Lipinski definition) is 5. The van der Waals surface area contributed by atoms with Crippen molar-refractivity contribution in [2.45, 2.75) is 36.6 Å². The molecule has 5 heteroatoms. The Bertz CT molecular complexity index is 497. The molecule has 0 amide bonds. The highest BCUT2D eigenvalue weighted by Crippen LogP contribution is 2.34. The van der Waals surface area contributed by atoms with E-state index in [1.54, 1.807) is 18.7 Å². The van der Waals surface area contributed by atoms with Gasteiger partial charge in [-0.15, -0.1) is 11.8 Å². The second kappa shape index (κ2) is 6.87. The van der Waals surface area contributed by atoms with Crippen LogP contribution >= 0.6 is 11.8 Å². The third-order valence-electron chi connectivity index (χ3n) is 3.08. The summed E-state index contributed by atoms with van der Waals surface area (Å²) >= 11 is 1.75. The molecule has 0 saturated heterocycles. The number of nitriles is 1. The number of thioether (sulfide) groups is 1. The largest absolute Gasteiger partial charge is 0.490 e. The molecule has 0 saturated carbocycles. The van der Waals surface area contributed by atoms with Crippen LogP contribution in [0.2, 0.25) is 0 Å². The van der Waals surface area contributed by atoms with Crippen molar-refractivity contribution in [2.75, 3.05) is 19.0 Å². The number of benzene rings is 1. The van der Waals surface area contributed by atoms with Crippen molar-refractivity contribution < 1.29 is 9.47 Å². The van der Waals surface area contributed by atoms with Gasteiger partial charge in [0, 0.05) is 11.3 Å². The zero-order valence-corrected chi connectivity index (χ0v) is 12.5. The summed E-state index contributed by atoms with van der Waals surface area (Å²) in [6.45, 7) is 3.18. The number of fused-ring (bicyclic) bond motifs is 1. The molecule has 1 aliphatic rings. The lowest BCUT2D eigenvalue weighted by molar-refractivity contribution is 0.297. The van der Waals surface area contributed by atoms with Crippen molar-refractivity contribution in [1.29, 1.82) is 5.26 Å². The maximum absolute atomic E-state index is 8.86. The van der Waals surface area contributed by atoms with Crippen LogP contribution in [-0.4, -0.2) is 24.5 Å². The smallest absolute Gasteiger partial charge is 0.162 e. The van der Waals surface area contributed by atoms with E-state index < -0.39 is 5.54 Å². The number of rotatable bonds is 5. The normalized spacial score (nSPS) is 16.9. The van der Waals surface area contributed by atoms with Gasteiger partial charge in [-0.05, 0) is 43.7 Å². The van der Waals surface area contributed by atoms with Gasteiger partial charge in [-0.1, -0.05) is 0 Å². The van der Waals surface area contributed by atoms with E-state index in [0.717, 1.165) is 35.0 Å². The third-order valence-corrected chi connectivity index (χ3v) is 4.16. The summed E-state index contributed by atoms with van der Waals surface area (Å²) in [6, 6.07) is 8.15. The highest BCUT2D eigenvalue weighted by atomic mass is 32.2. The minimum atomic E-state index is -0.717. The van der Waals surface area contributed by atoms with Gasteiger partial charge in [0.15, 0.2) is 11.5 Å². The van der Waals surface area contributed by atoms with E-state index >= 15 is 0 Å². The molecule has 1 aromatic rings. The Kier molecular flexibility index (Phi) is 5.16. The molecule has 2 rings (SSSR count). The standard InChI is InChI=1S/C15H20N2O2S/c1-15(17,11-16)6-2-9-20-12-4-5-13-14(10-12)19-8-3-7-18-13/h4-5,10H,2-3,6-9,17H2,1H3. The van der Waals surface area contributed by atoms with Crippen LogP contribution in [0.5, 0.6) is 11.5 Å². The van der Waals surface area contributed by atoms with Crippen molar-refractivity contribution in [1.82, 2.24) is 0 Å². The van der Waals surface area contributed by atoms with Gasteiger partial charge in [0.25, 0.3) is 0 Å². The summed E-state index contributed by atoms with van der Waals surface area (Å²) in [6.07, 6.45) is 2.54. The van der Waals surface area contributed by atoms with E-state index in [1.807, 2.05) is 18.2 Å². The first-order chi connectivity index (χ1) is 9.61.